The van der Waals surface area contributed by atoms with Crippen molar-refractivity contribution in [3.05, 3.63) is 75.7 Å². The highest BCUT2D eigenvalue weighted by Gasteiger charge is 2.19. The van der Waals surface area contributed by atoms with Gasteiger partial charge in [0.05, 0.1) is 0 Å². The highest BCUT2D eigenvalue weighted by molar-refractivity contribution is 5.62. The zero-order valence-corrected chi connectivity index (χ0v) is 23.0. The van der Waals surface area contributed by atoms with Gasteiger partial charge in [0.15, 0.2) is 0 Å². The lowest BCUT2D eigenvalue weighted by atomic mass is 9.88. The third-order valence-electron chi connectivity index (χ3n) is 6.84. The van der Waals surface area contributed by atoms with E-state index in [4.69, 9.17) is 0 Å². The van der Waals surface area contributed by atoms with E-state index in [1.165, 1.54) is 83.4 Å². The van der Waals surface area contributed by atoms with Gasteiger partial charge in [-0.1, -0.05) is 44.6 Å². The summed E-state index contributed by atoms with van der Waals surface area (Å²) in [6.07, 6.45) is 11.5. The first-order valence-corrected chi connectivity index (χ1v) is 13.1. The minimum atomic E-state index is 1.06. The molecular formula is C31H47N2O. The van der Waals surface area contributed by atoms with Gasteiger partial charge in [-0.3, -0.25) is 0 Å². The monoisotopic (exact) mass is 463 g/mol. The average Bonchev–Trinajstić information content (AvgIpc) is 3.70. The van der Waals surface area contributed by atoms with Crippen molar-refractivity contribution in [2.45, 2.75) is 73.1 Å². The molecular weight excluding hydrogens is 416 g/mol. The Kier molecular flexibility index (Phi) is 11.7. The van der Waals surface area contributed by atoms with Crippen molar-refractivity contribution in [1.82, 2.24) is 0 Å². The summed E-state index contributed by atoms with van der Waals surface area (Å²) >= 11 is 0. The summed E-state index contributed by atoms with van der Waals surface area (Å²) in [4.78, 5) is 2.41. The molecule has 0 bridgehead atoms. The number of nitrogens with one attached hydrogen (secondary N) is 1. The lowest BCUT2D eigenvalue weighted by Gasteiger charge is -2.30. The van der Waals surface area contributed by atoms with E-state index in [2.05, 4.69) is 79.5 Å². The Morgan fingerprint density at radius 1 is 0.912 bits per heavy atom. The summed E-state index contributed by atoms with van der Waals surface area (Å²) in [5.41, 5.74) is 13.4. The van der Waals surface area contributed by atoms with Crippen LogP contribution in [-0.2, 0) is 24.0 Å². The van der Waals surface area contributed by atoms with E-state index in [1.807, 2.05) is 13.8 Å². The Balaban J connectivity index is 0.000000346. The maximum absolute atomic E-state index is 4.25. The second-order valence-corrected chi connectivity index (χ2v) is 9.13. The van der Waals surface area contributed by atoms with Crippen molar-refractivity contribution < 1.29 is 4.74 Å². The Labute approximate surface area is 209 Å². The van der Waals surface area contributed by atoms with Crippen molar-refractivity contribution in [2.75, 3.05) is 44.6 Å². The number of anilines is 2. The van der Waals surface area contributed by atoms with Gasteiger partial charge < -0.3 is 15.0 Å². The molecule has 0 amide bonds. The number of nitrogens with zero attached hydrogens (tertiary/aromatic N) is 1. The number of fused-ring (bicyclic) bond motifs is 2. The quantitative estimate of drug-likeness (QED) is 0.511. The van der Waals surface area contributed by atoms with E-state index in [1.54, 1.807) is 19.8 Å². The standard InChI is InChI=1S/C22H28N2.C5H7.C2H6O.C2H6/c1-15-17(8-10-21-19(15)6-4-12-23-21)14-18-9-11-22-20(16(18)2)7-5-13-24(22)3;1-2-5-3-4-5;1-3-2;1-2/h8-11,23H,4-7,12-14H2,1-3H3;3-4H,2H2,1H3;1-2H3;1-2H3. The van der Waals surface area contributed by atoms with Gasteiger partial charge in [0, 0.05) is 52.2 Å². The van der Waals surface area contributed by atoms with E-state index in [9.17, 15) is 0 Å². The van der Waals surface area contributed by atoms with Gasteiger partial charge in [0.25, 0.3) is 0 Å². The molecule has 0 unspecified atom stereocenters. The number of methoxy groups -OCH3 is 1. The van der Waals surface area contributed by atoms with E-state index < -0.39 is 0 Å². The zero-order valence-electron chi connectivity index (χ0n) is 23.0. The molecule has 2 aromatic carbocycles. The van der Waals surface area contributed by atoms with Crippen LogP contribution in [0.2, 0.25) is 0 Å². The molecule has 3 nitrogen and oxygen atoms in total. The fraction of sp³-hybridized carbons (Fsp3) is 0.516. The van der Waals surface area contributed by atoms with E-state index in [0.717, 1.165) is 13.0 Å². The lowest BCUT2D eigenvalue weighted by Crippen LogP contribution is -2.25. The number of hydrogen-bond acceptors (Lipinski definition) is 3. The maximum Gasteiger partial charge on any atom is 0.0399 e. The fourth-order valence-corrected chi connectivity index (χ4v) is 4.74. The highest BCUT2D eigenvalue weighted by atomic mass is 16.4. The van der Waals surface area contributed by atoms with Gasteiger partial charge in [-0.15, -0.1) is 0 Å². The molecule has 187 valence electrons. The first-order chi connectivity index (χ1) is 16.5. The smallest absolute Gasteiger partial charge is 0.0399 e. The van der Waals surface area contributed by atoms with Gasteiger partial charge in [-0.2, -0.15) is 0 Å². The molecule has 1 N–H and O–H groups in total. The minimum absolute atomic E-state index is 1.06. The van der Waals surface area contributed by atoms with Crippen LogP contribution in [-0.4, -0.2) is 34.4 Å². The minimum Gasteiger partial charge on any atom is -0.388 e. The van der Waals surface area contributed by atoms with Crippen LogP contribution >= 0.6 is 0 Å². The van der Waals surface area contributed by atoms with Gasteiger partial charge in [-0.05, 0) is 97.9 Å². The van der Waals surface area contributed by atoms with Crippen LogP contribution < -0.4 is 10.2 Å². The first kappa shape index (κ1) is 28.0. The lowest BCUT2D eigenvalue weighted by molar-refractivity contribution is 0.277. The number of rotatable bonds is 3. The summed E-state index contributed by atoms with van der Waals surface area (Å²) in [5.74, 6) is 0. The van der Waals surface area contributed by atoms with Gasteiger partial charge >= 0.3 is 0 Å². The Morgan fingerprint density at radius 2 is 1.50 bits per heavy atom. The molecule has 0 atom stereocenters. The normalized spacial score (nSPS) is 14.9. The largest absolute Gasteiger partial charge is 0.388 e. The molecule has 0 aromatic heterocycles. The van der Waals surface area contributed by atoms with Gasteiger partial charge in [0.2, 0.25) is 0 Å². The number of allylic oxidation sites excluding steroid dienone is 2. The molecule has 0 fully saturated rings. The van der Waals surface area contributed by atoms with Crippen LogP contribution in [0, 0.1) is 20.3 Å². The summed E-state index contributed by atoms with van der Waals surface area (Å²) in [5, 5.41) is 3.55. The number of hydrogen-bond donors (Lipinski definition) is 1. The van der Waals surface area contributed by atoms with Crippen LogP contribution in [0.1, 0.15) is 73.4 Å². The average molecular weight is 464 g/mol. The van der Waals surface area contributed by atoms with Crippen LogP contribution in [0.25, 0.3) is 0 Å². The Hall–Kier alpha value is -2.26. The Morgan fingerprint density at radius 3 is 2.09 bits per heavy atom. The molecule has 1 radical (unpaired) electrons. The summed E-state index contributed by atoms with van der Waals surface area (Å²) in [6.45, 7) is 13.1. The van der Waals surface area contributed by atoms with Gasteiger partial charge in [-0.25, -0.2) is 0 Å². The number of ether oxygens (including phenoxy) is 1. The molecule has 3 aliphatic rings. The van der Waals surface area contributed by atoms with Crippen molar-refractivity contribution in [3.63, 3.8) is 0 Å². The SMILES string of the molecule is CC.CCC1=C[CH]1.COC.Cc1c(Cc2ccc3c(c2C)CCCN3C)ccc2c1CCCN2. The summed E-state index contributed by atoms with van der Waals surface area (Å²) in [7, 11) is 5.47. The topological polar surface area (TPSA) is 24.5 Å². The van der Waals surface area contributed by atoms with Crippen LogP contribution in [0.3, 0.4) is 0 Å². The second-order valence-electron chi connectivity index (χ2n) is 9.13. The molecule has 2 heterocycles. The number of benzene rings is 2. The van der Waals surface area contributed by atoms with Gasteiger partial charge in [0.1, 0.15) is 0 Å². The molecule has 0 saturated carbocycles. The van der Waals surface area contributed by atoms with Crippen LogP contribution in [0.4, 0.5) is 11.4 Å². The molecule has 2 aromatic rings. The summed E-state index contributed by atoms with van der Waals surface area (Å²) < 4.78 is 4.25. The Bertz CT molecular complexity index is 945. The molecule has 5 rings (SSSR count). The molecule has 34 heavy (non-hydrogen) atoms. The second kappa shape index (κ2) is 14.2. The van der Waals surface area contributed by atoms with Crippen molar-refractivity contribution in [1.29, 1.82) is 0 Å². The predicted molar refractivity (Wildman–Crippen MR) is 151 cm³/mol. The third-order valence-corrected chi connectivity index (χ3v) is 6.84. The summed E-state index contributed by atoms with van der Waals surface area (Å²) in [6, 6.07) is 9.31. The third kappa shape index (κ3) is 7.37. The van der Waals surface area contributed by atoms with Crippen molar-refractivity contribution >= 4 is 11.4 Å². The molecule has 1 aliphatic carbocycles. The first-order valence-electron chi connectivity index (χ1n) is 13.1. The van der Waals surface area contributed by atoms with Crippen molar-refractivity contribution in [2.24, 2.45) is 0 Å². The van der Waals surface area contributed by atoms with E-state index in [-0.39, 0.29) is 0 Å². The molecule has 0 spiro atoms. The highest BCUT2D eigenvalue weighted by Crippen LogP contribution is 2.33. The molecule has 0 saturated heterocycles. The predicted octanol–water partition coefficient (Wildman–Crippen LogP) is 7.46. The van der Waals surface area contributed by atoms with E-state index in [0.29, 0.717) is 0 Å². The van der Waals surface area contributed by atoms with E-state index >= 15 is 0 Å². The molecule has 2 aliphatic heterocycles. The van der Waals surface area contributed by atoms with Crippen molar-refractivity contribution in [3.8, 4) is 0 Å². The fourth-order valence-electron chi connectivity index (χ4n) is 4.74. The zero-order chi connectivity index (χ0) is 25.1. The molecule has 3 heteroatoms. The van der Waals surface area contributed by atoms with Crippen LogP contribution in [0.15, 0.2) is 35.9 Å². The maximum atomic E-state index is 4.25. The van der Waals surface area contributed by atoms with Crippen LogP contribution in [0.5, 0.6) is 0 Å².